The number of amides is 1. The van der Waals surface area contributed by atoms with Crippen LogP contribution < -0.4 is 11.1 Å². The Balaban J connectivity index is 1.79. The van der Waals surface area contributed by atoms with Crippen LogP contribution in [0.3, 0.4) is 0 Å². The molecule has 0 aliphatic carbocycles. The number of hydrogen-bond acceptors (Lipinski definition) is 6. The number of carbonyl (C=O) groups excluding carboxylic acids is 1. The SMILES string of the molecule is CN1CCOC(CNC(=O)c2csc(CCN)n2)C1. The summed E-state index contributed by atoms with van der Waals surface area (Å²) in [5.74, 6) is -0.142. The summed E-state index contributed by atoms with van der Waals surface area (Å²) in [7, 11) is 2.05. The Hall–Kier alpha value is -1.02. The van der Waals surface area contributed by atoms with Gasteiger partial charge >= 0.3 is 0 Å². The minimum absolute atomic E-state index is 0.0600. The van der Waals surface area contributed by atoms with Gasteiger partial charge in [0.25, 0.3) is 5.91 Å². The summed E-state index contributed by atoms with van der Waals surface area (Å²) in [4.78, 5) is 18.4. The number of morpholine rings is 1. The zero-order chi connectivity index (χ0) is 13.7. The third-order valence-corrected chi connectivity index (χ3v) is 3.88. The van der Waals surface area contributed by atoms with Crippen LogP contribution in [0.4, 0.5) is 0 Å². The van der Waals surface area contributed by atoms with Gasteiger partial charge in [0, 0.05) is 31.4 Å². The van der Waals surface area contributed by atoms with Crippen molar-refractivity contribution in [2.24, 2.45) is 5.73 Å². The van der Waals surface area contributed by atoms with Gasteiger partial charge in [-0.1, -0.05) is 0 Å². The normalized spacial score (nSPS) is 20.4. The maximum Gasteiger partial charge on any atom is 0.270 e. The third kappa shape index (κ3) is 4.24. The van der Waals surface area contributed by atoms with Crippen LogP contribution in [0.5, 0.6) is 0 Å². The molecule has 1 aliphatic rings. The van der Waals surface area contributed by atoms with Crippen molar-refractivity contribution in [3.8, 4) is 0 Å². The Morgan fingerprint density at radius 3 is 3.32 bits per heavy atom. The van der Waals surface area contributed by atoms with E-state index in [1.165, 1.54) is 11.3 Å². The minimum Gasteiger partial charge on any atom is -0.374 e. The Morgan fingerprint density at radius 2 is 2.58 bits per heavy atom. The fourth-order valence-corrected chi connectivity index (χ4v) is 2.74. The van der Waals surface area contributed by atoms with Gasteiger partial charge < -0.3 is 20.7 Å². The lowest BCUT2D eigenvalue weighted by molar-refractivity contribution is -0.0175. The van der Waals surface area contributed by atoms with E-state index >= 15 is 0 Å². The first-order valence-corrected chi connectivity index (χ1v) is 7.30. The first-order chi connectivity index (χ1) is 9.19. The van der Waals surface area contributed by atoms with Crippen molar-refractivity contribution in [2.45, 2.75) is 12.5 Å². The van der Waals surface area contributed by atoms with Crippen LogP contribution in [0.15, 0.2) is 5.38 Å². The minimum atomic E-state index is -0.142. The summed E-state index contributed by atoms with van der Waals surface area (Å²) in [6, 6.07) is 0. The Kier molecular flexibility index (Phi) is 5.26. The Bertz CT molecular complexity index is 424. The van der Waals surface area contributed by atoms with Gasteiger partial charge in [-0.2, -0.15) is 0 Å². The molecule has 106 valence electrons. The lowest BCUT2D eigenvalue weighted by atomic mass is 10.3. The zero-order valence-corrected chi connectivity index (χ0v) is 11.9. The van der Waals surface area contributed by atoms with Gasteiger partial charge in [-0.25, -0.2) is 4.98 Å². The first-order valence-electron chi connectivity index (χ1n) is 6.42. The molecule has 0 radical (unpaired) electrons. The molecular weight excluding hydrogens is 264 g/mol. The second-order valence-corrected chi connectivity index (χ2v) is 5.57. The first kappa shape index (κ1) is 14.4. The molecule has 1 atom stereocenters. The number of ether oxygens (including phenoxy) is 1. The Morgan fingerprint density at radius 1 is 1.74 bits per heavy atom. The predicted molar refractivity (Wildman–Crippen MR) is 74.4 cm³/mol. The van der Waals surface area contributed by atoms with Gasteiger partial charge in [-0.3, -0.25) is 4.79 Å². The van der Waals surface area contributed by atoms with E-state index in [0.29, 0.717) is 31.8 Å². The van der Waals surface area contributed by atoms with Gasteiger partial charge in [-0.05, 0) is 13.6 Å². The topological polar surface area (TPSA) is 80.5 Å². The van der Waals surface area contributed by atoms with Gasteiger partial charge in [0.05, 0.1) is 17.7 Å². The molecule has 1 aromatic rings. The molecule has 1 fully saturated rings. The number of likely N-dealkylation sites (N-methyl/N-ethyl adjacent to an activating group) is 1. The average molecular weight is 284 g/mol. The van der Waals surface area contributed by atoms with Crippen molar-refractivity contribution < 1.29 is 9.53 Å². The van der Waals surface area contributed by atoms with Crippen molar-refractivity contribution in [1.82, 2.24) is 15.2 Å². The number of aromatic nitrogens is 1. The molecule has 3 N–H and O–H groups in total. The van der Waals surface area contributed by atoms with Crippen molar-refractivity contribution in [2.75, 3.05) is 39.8 Å². The van der Waals surface area contributed by atoms with Crippen LogP contribution in [-0.2, 0) is 11.2 Å². The predicted octanol–water partition coefficient (Wildman–Crippen LogP) is -0.295. The molecule has 2 heterocycles. The molecule has 0 aromatic carbocycles. The molecule has 0 saturated carbocycles. The highest BCUT2D eigenvalue weighted by atomic mass is 32.1. The molecule has 1 saturated heterocycles. The maximum atomic E-state index is 11.9. The highest BCUT2D eigenvalue weighted by Gasteiger charge is 2.19. The standard InChI is InChI=1S/C12H20N4O2S/c1-16-4-5-18-9(7-16)6-14-12(17)10-8-19-11(15-10)2-3-13/h8-9H,2-7,13H2,1H3,(H,14,17). The number of nitrogens with zero attached hydrogens (tertiary/aromatic N) is 2. The maximum absolute atomic E-state index is 11.9. The van der Waals surface area contributed by atoms with Crippen LogP contribution in [0.25, 0.3) is 0 Å². The smallest absolute Gasteiger partial charge is 0.270 e. The molecule has 1 unspecified atom stereocenters. The number of thiazole rings is 1. The fourth-order valence-electron chi connectivity index (χ4n) is 1.94. The summed E-state index contributed by atoms with van der Waals surface area (Å²) in [6.45, 7) is 3.58. The molecule has 19 heavy (non-hydrogen) atoms. The molecule has 7 heteroatoms. The Labute approximate surface area is 116 Å². The van der Waals surface area contributed by atoms with Crippen LogP contribution in [0.2, 0.25) is 0 Å². The van der Waals surface area contributed by atoms with Crippen LogP contribution in [0, 0.1) is 0 Å². The van der Waals surface area contributed by atoms with E-state index in [4.69, 9.17) is 10.5 Å². The highest BCUT2D eigenvalue weighted by molar-refractivity contribution is 7.09. The van der Waals surface area contributed by atoms with E-state index < -0.39 is 0 Å². The molecular formula is C12H20N4O2S. The lowest BCUT2D eigenvalue weighted by Crippen LogP contribution is -2.45. The van der Waals surface area contributed by atoms with Crippen molar-refractivity contribution in [1.29, 1.82) is 0 Å². The van der Waals surface area contributed by atoms with Gasteiger partial charge in [0.15, 0.2) is 0 Å². The third-order valence-electron chi connectivity index (χ3n) is 2.97. The van der Waals surface area contributed by atoms with Gasteiger partial charge in [-0.15, -0.1) is 11.3 Å². The number of hydrogen-bond donors (Lipinski definition) is 2. The van der Waals surface area contributed by atoms with Crippen molar-refractivity contribution in [3.63, 3.8) is 0 Å². The van der Waals surface area contributed by atoms with Crippen LogP contribution >= 0.6 is 11.3 Å². The van der Waals surface area contributed by atoms with Crippen LogP contribution in [0.1, 0.15) is 15.5 Å². The van der Waals surface area contributed by atoms with E-state index in [-0.39, 0.29) is 12.0 Å². The molecule has 1 amide bonds. The van der Waals surface area contributed by atoms with Crippen molar-refractivity contribution >= 4 is 17.2 Å². The molecule has 1 aliphatic heterocycles. The second-order valence-electron chi connectivity index (χ2n) is 4.63. The number of rotatable bonds is 5. The monoisotopic (exact) mass is 284 g/mol. The fraction of sp³-hybridized carbons (Fsp3) is 0.667. The van der Waals surface area contributed by atoms with Crippen molar-refractivity contribution in [3.05, 3.63) is 16.1 Å². The van der Waals surface area contributed by atoms with Gasteiger partial charge in [0.2, 0.25) is 0 Å². The molecule has 6 nitrogen and oxygen atoms in total. The van der Waals surface area contributed by atoms with E-state index in [1.807, 2.05) is 0 Å². The van der Waals surface area contributed by atoms with Crippen LogP contribution in [-0.4, -0.2) is 61.7 Å². The summed E-state index contributed by atoms with van der Waals surface area (Å²) < 4.78 is 5.59. The largest absolute Gasteiger partial charge is 0.374 e. The number of nitrogens with one attached hydrogen (secondary N) is 1. The summed E-state index contributed by atoms with van der Waals surface area (Å²) in [5, 5.41) is 5.54. The highest BCUT2D eigenvalue weighted by Crippen LogP contribution is 2.10. The molecule has 0 spiro atoms. The van der Waals surface area contributed by atoms with E-state index in [9.17, 15) is 4.79 Å². The quantitative estimate of drug-likeness (QED) is 0.776. The van der Waals surface area contributed by atoms with E-state index in [2.05, 4.69) is 22.2 Å². The summed E-state index contributed by atoms with van der Waals surface area (Å²) >= 11 is 1.47. The molecule has 1 aromatic heterocycles. The summed E-state index contributed by atoms with van der Waals surface area (Å²) in [5.41, 5.74) is 5.93. The molecule has 2 rings (SSSR count). The van der Waals surface area contributed by atoms with E-state index in [1.54, 1.807) is 5.38 Å². The lowest BCUT2D eigenvalue weighted by Gasteiger charge is -2.29. The van der Waals surface area contributed by atoms with Gasteiger partial charge in [0.1, 0.15) is 5.69 Å². The molecule has 0 bridgehead atoms. The zero-order valence-electron chi connectivity index (χ0n) is 11.1. The number of carbonyl (C=O) groups is 1. The number of nitrogens with two attached hydrogens (primary N) is 1. The second kappa shape index (κ2) is 6.95. The van der Waals surface area contributed by atoms with E-state index in [0.717, 1.165) is 18.1 Å². The average Bonchev–Trinajstić information content (AvgIpc) is 2.85. The summed E-state index contributed by atoms with van der Waals surface area (Å²) in [6.07, 6.45) is 0.777.